The van der Waals surface area contributed by atoms with Crippen LogP contribution in [-0.2, 0) is 4.79 Å². The molecule has 28 heavy (non-hydrogen) atoms. The summed E-state index contributed by atoms with van der Waals surface area (Å²) in [6.45, 7) is 13.3. The van der Waals surface area contributed by atoms with Crippen molar-refractivity contribution >= 4 is 11.7 Å². The van der Waals surface area contributed by atoms with Gasteiger partial charge in [0.25, 0.3) is 5.91 Å². The standard InChI is InChI=1S/C22H30N4O2/c1-15(2)22-23-18(5)13-20(24-22)25-8-10-26(11-9-25)21(27)14-28-19-7-6-16(3)17(4)12-19/h6-7,12-13,15H,8-11,14H2,1-5H3. The van der Waals surface area contributed by atoms with Crippen molar-refractivity contribution in [1.82, 2.24) is 14.9 Å². The van der Waals surface area contributed by atoms with E-state index in [1.54, 1.807) is 0 Å². The Kier molecular flexibility index (Phi) is 6.17. The van der Waals surface area contributed by atoms with Crippen LogP contribution in [0.5, 0.6) is 5.75 Å². The van der Waals surface area contributed by atoms with Crippen LogP contribution < -0.4 is 9.64 Å². The molecule has 1 aromatic heterocycles. The normalized spacial score (nSPS) is 14.5. The topological polar surface area (TPSA) is 58.6 Å². The number of hydrogen-bond acceptors (Lipinski definition) is 5. The molecule has 0 aliphatic carbocycles. The number of rotatable bonds is 5. The van der Waals surface area contributed by atoms with Gasteiger partial charge < -0.3 is 14.5 Å². The molecule has 0 radical (unpaired) electrons. The summed E-state index contributed by atoms with van der Waals surface area (Å²) in [7, 11) is 0. The zero-order valence-electron chi connectivity index (χ0n) is 17.5. The van der Waals surface area contributed by atoms with Crippen LogP contribution in [0.4, 0.5) is 5.82 Å². The van der Waals surface area contributed by atoms with E-state index in [-0.39, 0.29) is 12.5 Å². The van der Waals surface area contributed by atoms with Gasteiger partial charge in [0.1, 0.15) is 17.4 Å². The van der Waals surface area contributed by atoms with Gasteiger partial charge in [-0.1, -0.05) is 19.9 Å². The van der Waals surface area contributed by atoms with E-state index in [0.717, 1.165) is 36.2 Å². The van der Waals surface area contributed by atoms with Gasteiger partial charge >= 0.3 is 0 Å². The molecular formula is C22H30N4O2. The molecule has 1 aliphatic rings. The summed E-state index contributed by atoms with van der Waals surface area (Å²) in [4.78, 5) is 25.8. The Hall–Kier alpha value is -2.63. The van der Waals surface area contributed by atoms with Gasteiger partial charge in [-0.25, -0.2) is 9.97 Å². The van der Waals surface area contributed by atoms with Gasteiger partial charge in [0.2, 0.25) is 0 Å². The Morgan fingerprint density at radius 2 is 1.75 bits per heavy atom. The van der Waals surface area contributed by atoms with Gasteiger partial charge in [-0.3, -0.25) is 4.79 Å². The molecule has 1 saturated heterocycles. The highest BCUT2D eigenvalue weighted by molar-refractivity contribution is 5.78. The first-order valence-electron chi connectivity index (χ1n) is 9.92. The molecule has 6 heteroatoms. The fraction of sp³-hybridized carbons (Fsp3) is 0.500. The molecule has 3 rings (SSSR count). The molecular weight excluding hydrogens is 352 g/mol. The van der Waals surface area contributed by atoms with E-state index >= 15 is 0 Å². The number of hydrogen-bond donors (Lipinski definition) is 0. The van der Waals surface area contributed by atoms with Gasteiger partial charge in [-0.2, -0.15) is 0 Å². The molecule has 1 amide bonds. The minimum Gasteiger partial charge on any atom is -0.484 e. The first kappa shape index (κ1) is 20.1. The fourth-order valence-electron chi connectivity index (χ4n) is 3.22. The van der Waals surface area contributed by atoms with E-state index in [2.05, 4.69) is 30.7 Å². The van der Waals surface area contributed by atoms with E-state index in [1.807, 2.05) is 43.0 Å². The largest absolute Gasteiger partial charge is 0.484 e. The zero-order chi connectivity index (χ0) is 20.3. The number of aryl methyl sites for hydroxylation is 3. The third-order valence-electron chi connectivity index (χ3n) is 5.17. The van der Waals surface area contributed by atoms with E-state index in [9.17, 15) is 4.79 Å². The summed E-state index contributed by atoms with van der Waals surface area (Å²) in [5, 5.41) is 0. The van der Waals surface area contributed by atoms with E-state index < -0.39 is 0 Å². The molecule has 2 aromatic rings. The summed E-state index contributed by atoms with van der Waals surface area (Å²) in [5.41, 5.74) is 3.36. The van der Waals surface area contributed by atoms with Crippen LogP contribution in [-0.4, -0.2) is 53.6 Å². The maximum Gasteiger partial charge on any atom is 0.260 e. The van der Waals surface area contributed by atoms with Crippen LogP contribution in [0, 0.1) is 20.8 Å². The van der Waals surface area contributed by atoms with Crippen LogP contribution >= 0.6 is 0 Å². The second kappa shape index (κ2) is 8.59. The molecule has 1 aromatic carbocycles. The molecule has 0 saturated carbocycles. The first-order chi connectivity index (χ1) is 13.3. The van der Waals surface area contributed by atoms with Crippen molar-refractivity contribution in [2.24, 2.45) is 0 Å². The molecule has 0 bridgehead atoms. The molecule has 1 fully saturated rings. The highest BCUT2D eigenvalue weighted by Gasteiger charge is 2.23. The van der Waals surface area contributed by atoms with Crippen molar-refractivity contribution in [3.05, 3.63) is 46.9 Å². The molecule has 150 valence electrons. The number of piperazine rings is 1. The second-order valence-electron chi connectivity index (χ2n) is 7.78. The number of ether oxygens (including phenoxy) is 1. The quantitative estimate of drug-likeness (QED) is 0.794. The Bertz CT molecular complexity index is 842. The van der Waals surface area contributed by atoms with E-state index in [0.29, 0.717) is 19.0 Å². The maximum absolute atomic E-state index is 12.5. The summed E-state index contributed by atoms with van der Waals surface area (Å²) in [6.07, 6.45) is 0. The third-order valence-corrected chi connectivity index (χ3v) is 5.17. The Morgan fingerprint density at radius 3 is 2.39 bits per heavy atom. The minimum absolute atomic E-state index is 0.0274. The van der Waals surface area contributed by atoms with E-state index in [4.69, 9.17) is 9.72 Å². The molecule has 1 aliphatic heterocycles. The van der Waals surface area contributed by atoms with Gasteiger partial charge in [-0.05, 0) is 44.0 Å². The SMILES string of the molecule is Cc1cc(N2CCN(C(=O)COc3ccc(C)c(C)c3)CC2)nc(C(C)C)n1. The lowest BCUT2D eigenvalue weighted by Gasteiger charge is -2.35. The number of anilines is 1. The lowest BCUT2D eigenvalue weighted by Crippen LogP contribution is -2.50. The number of amides is 1. The number of carbonyl (C=O) groups is 1. The predicted octanol–water partition coefficient (Wildman–Crippen LogP) is 3.25. The summed E-state index contributed by atoms with van der Waals surface area (Å²) >= 11 is 0. The molecule has 0 unspecified atom stereocenters. The highest BCUT2D eigenvalue weighted by Crippen LogP contribution is 2.19. The molecule has 0 atom stereocenters. The van der Waals surface area contributed by atoms with Crippen molar-refractivity contribution in [1.29, 1.82) is 0 Å². The van der Waals surface area contributed by atoms with E-state index in [1.165, 1.54) is 11.1 Å². The summed E-state index contributed by atoms with van der Waals surface area (Å²) < 4.78 is 5.70. The van der Waals surface area contributed by atoms with Crippen molar-refractivity contribution < 1.29 is 9.53 Å². The summed E-state index contributed by atoms with van der Waals surface area (Å²) in [6, 6.07) is 7.93. The Labute approximate surface area is 167 Å². The smallest absolute Gasteiger partial charge is 0.260 e. The average Bonchev–Trinajstić information content (AvgIpc) is 2.68. The zero-order valence-corrected chi connectivity index (χ0v) is 17.5. The highest BCUT2D eigenvalue weighted by atomic mass is 16.5. The maximum atomic E-state index is 12.5. The number of nitrogens with zero attached hydrogens (tertiary/aromatic N) is 4. The van der Waals surface area contributed by atoms with Crippen molar-refractivity contribution in [2.75, 3.05) is 37.7 Å². The van der Waals surface area contributed by atoms with Gasteiger partial charge in [-0.15, -0.1) is 0 Å². The summed E-state index contributed by atoms with van der Waals surface area (Å²) in [5.74, 6) is 2.89. The third kappa shape index (κ3) is 4.80. The van der Waals surface area contributed by atoms with Crippen LogP contribution in [0.3, 0.4) is 0 Å². The fourth-order valence-corrected chi connectivity index (χ4v) is 3.22. The average molecular weight is 383 g/mol. The lowest BCUT2D eigenvalue weighted by molar-refractivity contribution is -0.133. The molecule has 6 nitrogen and oxygen atoms in total. The molecule has 0 spiro atoms. The lowest BCUT2D eigenvalue weighted by atomic mass is 10.1. The van der Waals surface area contributed by atoms with Crippen LogP contribution in [0.25, 0.3) is 0 Å². The van der Waals surface area contributed by atoms with Crippen LogP contribution in [0.15, 0.2) is 24.3 Å². The van der Waals surface area contributed by atoms with Gasteiger partial charge in [0, 0.05) is 43.9 Å². The van der Waals surface area contributed by atoms with Crippen molar-refractivity contribution in [2.45, 2.75) is 40.5 Å². The van der Waals surface area contributed by atoms with Crippen LogP contribution in [0.2, 0.25) is 0 Å². The van der Waals surface area contributed by atoms with Gasteiger partial charge in [0.15, 0.2) is 6.61 Å². The first-order valence-corrected chi connectivity index (χ1v) is 9.92. The monoisotopic (exact) mass is 382 g/mol. The Balaban J connectivity index is 1.54. The Morgan fingerprint density at radius 1 is 1.04 bits per heavy atom. The van der Waals surface area contributed by atoms with Crippen molar-refractivity contribution in [3.8, 4) is 5.75 Å². The van der Waals surface area contributed by atoms with Crippen LogP contribution in [0.1, 0.15) is 42.4 Å². The van der Waals surface area contributed by atoms with Crippen molar-refractivity contribution in [3.63, 3.8) is 0 Å². The number of carbonyl (C=O) groups excluding carboxylic acids is 1. The number of aromatic nitrogens is 2. The molecule has 0 N–H and O–H groups in total. The predicted molar refractivity (Wildman–Crippen MR) is 111 cm³/mol. The van der Waals surface area contributed by atoms with Gasteiger partial charge in [0.05, 0.1) is 0 Å². The molecule has 2 heterocycles. The second-order valence-corrected chi connectivity index (χ2v) is 7.78. The minimum atomic E-state index is 0.0274. The number of benzene rings is 1.